The zero-order valence-electron chi connectivity index (χ0n) is 14.9. The van der Waals surface area contributed by atoms with Crippen molar-refractivity contribution in [2.24, 2.45) is 5.92 Å². The van der Waals surface area contributed by atoms with E-state index in [0.717, 1.165) is 0 Å². The lowest BCUT2D eigenvalue weighted by Gasteiger charge is -2.34. The van der Waals surface area contributed by atoms with Gasteiger partial charge in [0.25, 0.3) is 0 Å². The van der Waals surface area contributed by atoms with Gasteiger partial charge < -0.3 is 14.5 Å². The average Bonchev–Trinajstić information content (AvgIpc) is 3.19. The van der Waals surface area contributed by atoms with Crippen molar-refractivity contribution in [1.82, 2.24) is 9.80 Å². The Morgan fingerprint density at radius 3 is 2.92 bits per heavy atom. The topological polar surface area (TPSA) is 49.9 Å². The lowest BCUT2D eigenvalue weighted by molar-refractivity contribution is -0.141. The van der Waals surface area contributed by atoms with Crippen molar-refractivity contribution in [3.63, 3.8) is 0 Å². The van der Waals surface area contributed by atoms with E-state index in [4.69, 9.17) is 16.3 Å². The van der Waals surface area contributed by atoms with Crippen LogP contribution in [0, 0.1) is 11.7 Å². The van der Waals surface area contributed by atoms with Crippen molar-refractivity contribution in [3.05, 3.63) is 34.6 Å². The fraction of sp³-hybridized carbons (Fsp3) is 0.579. The fourth-order valence-electron chi connectivity index (χ4n) is 4.60. The van der Waals surface area contributed by atoms with E-state index >= 15 is 0 Å². The minimum Gasteiger partial charge on any atom is -0.351 e. The van der Waals surface area contributed by atoms with E-state index in [1.807, 2.05) is 4.90 Å². The molecule has 7 heteroatoms. The van der Waals surface area contributed by atoms with Crippen LogP contribution in [0.4, 0.5) is 4.39 Å². The number of benzene rings is 1. The maximum Gasteiger partial charge on any atom is 0.227 e. The summed E-state index contributed by atoms with van der Waals surface area (Å²) in [5, 5.41) is 0.244. The minimum atomic E-state index is -0.672. The molecule has 3 saturated heterocycles. The van der Waals surface area contributed by atoms with E-state index in [0.29, 0.717) is 37.5 Å². The van der Waals surface area contributed by atoms with E-state index in [1.165, 1.54) is 18.2 Å². The van der Waals surface area contributed by atoms with Gasteiger partial charge in [-0.2, -0.15) is 0 Å². The molecule has 0 saturated carbocycles. The first kappa shape index (κ1) is 17.7. The molecule has 1 spiro atoms. The first-order valence-electron chi connectivity index (χ1n) is 9.03. The molecule has 0 aliphatic carbocycles. The van der Waals surface area contributed by atoms with Crippen LogP contribution in [0.1, 0.15) is 32.3 Å². The predicted octanol–water partition coefficient (Wildman–Crippen LogP) is 2.61. The second-order valence-corrected chi connectivity index (χ2v) is 8.11. The SMILES string of the molecule is CC(C)[C@@H]1CO[C@@]23CCN(C(=O)Cc4ccc(F)cc4Cl)[C@@H]2CC(=O)N13. The summed E-state index contributed by atoms with van der Waals surface area (Å²) in [6, 6.07) is 3.85. The van der Waals surface area contributed by atoms with Crippen LogP contribution in [-0.2, 0) is 20.7 Å². The molecule has 4 rings (SSSR count). The van der Waals surface area contributed by atoms with Crippen LogP contribution in [0.25, 0.3) is 0 Å². The lowest BCUT2D eigenvalue weighted by Crippen LogP contribution is -2.51. The molecular weight excluding hydrogens is 359 g/mol. The summed E-state index contributed by atoms with van der Waals surface area (Å²) in [5.41, 5.74) is -0.0820. The van der Waals surface area contributed by atoms with Gasteiger partial charge >= 0.3 is 0 Å². The van der Waals surface area contributed by atoms with E-state index in [-0.39, 0.29) is 35.3 Å². The monoisotopic (exact) mass is 380 g/mol. The van der Waals surface area contributed by atoms with Gasteiger partial charge in [0.2, 0.25) is 11.8 Å². The number of hydrogen-bond donors (Lipinski definition) is 0. The zero-order chi connectivity index (χ0) is 18.6. The highest BCUT2D eigenvalue weighted by atomic mass is 35.5. The zero-order valence-corrected chi connectivity index (χ0v) is 15.6. The van der Waals surface area contributed by atoms with Crippen LogP contribution in [0.3, 0.4) is 0 Å². The van der Waals surface area contributed by atoms with E-state index < -0.39 is 11.5 Å². The molecule has 3 heterocycles. The molecule has 2 amide bonds. The summed E-state index contributed by atoms with van der Waals surface area (Å²) < 4.78 is 19.4. The lowest BCUT2D eigenvalue weighted by atomic mass is 10.0. The van der Waals surface area contributed by atoms with Gasteiger partial charge in [-0.05, 0) is 23.6 Å². The van der Waals surface area contributed by atoms with Gasteiger partial charge in [-0.3, -0.25) is 9.59 Å². The second kappa shape index (κ2) is 6.20. The van der Waals surface area contributed by atoms with Gasteiger partial charge in [-0.15, -0.1) is 0 Å². The molecule has 5 nitrogen and oxygen atoms in total. The fourth-order valence-corrected chi connectivity index (χ4v) is 4.83. The standard InChI is InChI=1S/C19H22ClFN2O3/c1-11(2)15-10-26-19-5-6-22(16(19)9-18(25)23(15)19)17(24)7-12-3-4-13(21)8-14(12)20/h3-4,8,11,15-16H,5-7,9-10H2,1-2H3/t15-,16+,19-/m0/s1. The molecule has 0 unspecified atom stereocenters. The normalized spacial score (nSPS) is 30.3. The molecule has 1 aromatic carbocycles. The summed E-state index contributed by atoms with van der Waals surface area (Å²) in [4.78, 5) is 29.2. The van der Waals surface area contributed by atoms with Crippen LogP contribution in [0.5, 0.6) is 0 Å². The van der Waals surface area contributed by atoms with Crippen molar-refractivity contribution in [1.29, 1.82) is 0 Å². The Labute approximate surface area is 157 Å². The number of halogens is 2. The highest BCUT2D eigenvalue weighted by Crippen LogP contribution is 2.49. The molecule has 3 fully saturated rings. The van der Waals surface area contributed by atoms with Crippen LogP contribution in [0.2, 0.25) is 5.02 Å². The molecule has 26 heavy (non-hydrogen) atoms. The Kier molecular flexibility index (Phi) is 4.23. The van der Waals surface area contributed by atoms with Gasteiger partial charge in [0.1, 0.15) is 5.82 Å². The van der Waals surface area contributed by atoms with Crippen molar-refractivity contribution >= 4 is 23.4 Å². The van der Waals surface area contributed by atoms with Crippen LogP contribution in [0.15, 0.2) is 18.2 Å². The van der Waals surface area contributed by atoms with Crippen LogP contribution >= 0.6 is 11.6 Å². The highest BCUT2D eigenvalue weighted by molar-refractivity contribution is 6.31. The quantitative estimate of drug-likeness (QED) is 0.810. The van der Waals surface area contributed by atoms with Crippen molar-refractivity contribution in [3.8, 4) is 0 Å². The Balaban J connectivity index is 1.55. The Morgan fingerprint density at radius 2 is 2.23 bits per heavy atom. The van der Waals surface area contributed by atoms with Gasteiger partial charge in [0.15, 0.2) is 5.72 Å². The third-order valence-electron chi connectivity index (χ3n) is 5.93. The summed E-state index contributed by atoms with van der Waals surface area (Å²) in [7, 11) is 0. The Hall–Kier alpha value is -1.66. The molecule has 0 aromatic heterocycles. The number of amides is 2. The van der Waals surface area contributed by atoms with E-state index in [1.54, 1.807) is 4.90 Å². The molecule has 0 radical (unpaired) electrons. The number of nitrogens with zero attached hydrogens (tertiary/aromatic N) is 2. The Morgan fingerprint density at radius 1 is 1.46 bits per heavy atom. The molecule has 140 valence electrons. The summed E-state index contributed by atoms with van der Waals surface area (Å²) in [5.74, 6) is -0.169. The largest absolute Gasteiger partial charge is 0.351 e. The van der Waals surface area contributed by atoms with Gasteiger partial charge in [-0.25, -0.2) is 4.39 Å². The average molecular weight is 381 g/mol. The number of ether oxygens (including phenoxy) is 1. The number of likely N-dealkylation sites (tertiary alicyclic amines) is 1. The third-order valence-corrected chi connectivity index (χ3v) is 6.29. The molecule has 3 aliphatic heterocycles. The van der Waals surface area contributed by atoms with Gasteiger partial charge in [0, 0.05) is 18.0 Å². The van der Waals surface area contributed by atoms with Gasteiger partial charge in [-0.1, -0.05) is 31.5 Å². The van der Waals surface area contributed by atoms with E-state index in [9.17, 15) is 14.0 Å². The number of hydrogen-bond acceptors (Lipinski definition) is 3. The maximum atomic E-state index is 13.2. The number of carbonyl (C=O) groups is 2. The van der Waals surface area contributed by atoms with Crippen molar-refractivity contribution in [2.75, 3.05) is 13.2 Å². The summed E-state index contributed by atoms with van der Waals surface area (Å²) in [6.07, 6.45) is 1.02. The summed E-state index contributed by atoms with van der Waals surface area (Å²) >= 11 is 6.06. The second-order valence-electron chi connectivity index (χ2n) is 7.70. The maximum absolute atomic E-state index is 13.2. The Bertz CT molecular complexity index is 771. The smallest absolute Gasteiger partial charge is 0.227 e. The molecular formula is C19H22ClFN2O3. The van der Waals surface area contributed by atoms with E-state index in [2.05, 4.69) is 13.8 Å². The van der Waals surface area contributed by atoms with Crippen LogP contribution < -0.4 is 0 Å². The third kappa shape index (κ3) is 2.54. The molecule has 3 aliphatic rings. The predicted molar refractivity (Wildman–Crippen MR) is 94.0 cm³/mol. The molecule has 0 N–H and O–H groups in total. The minimum absolute atomic E-state index is 0.0588. The molecule has 0 bridgehead atoms. The number of carbonyl (C=O) groups excluding carboxylic acids is 2. The molecule has 1 aromatic rings. The first-order chi connectivity index (χ1) is 12.3. The summed E-state index contributed by atoms with van der Waals surface area (Å²) in [6.45, 7) is 5.24. The number of rotatable bonds is 3. The van der Waals surface area contributed by atoms with Gasteiger partial charge in [0.05, 0.1) is 31.5 Å². The first-order valence-corrected chi connectivity index (χ1v) is 9.41. The molecule has 3 atom stereocenters. The van der Waals surface area contributed by atoms with Crippen molar-refractivity contribution in [2.45, 2.75) is 50.9 Å². The van der Waals surface area contributed by atoms with Crippen molar-refractivity contribution < 1.29 is 18.7 Å². The van der Waals surface area contributed by atoms with Crippen LogP contribution in [-0.4, -0.2) is 52.6 Å². The highest BCUT2D eigenvalue weighted by Gasteiger charge is 2.65.